The molecule has 1 saturated heterocycles. The maximum Gasteiger partial charge on any atom is 0.220 e. The molecule has 0 bridgehead atoms. The number of aromatic nitrogens is 1. The second-order valence-corrected chi connectivity index (χ2v) is 6.71. The van der Waals surface area contributed by atoms with Crippen molar-refractivity contribution in [2.24, 2.45) is 17.4 Å². The summed E-state index contributed by atoms with van der Waals surface area (Å²) in [6, 6.07) is 10.7. The Balaban J connectivity index is 0.000000186. The predicted molar refractivity (Wildman–Crippen MR) is 104 cm³/mol. The third-order valence-electron chi connectivity index (χ3n) is 4.42. The zero-order chi connectivity index (χ0) is 18.1. The number of hydrogen-bond acceptors (Lipinski definition) is 5. The van der Waals surface area contributed by atoms with E-state index in [1.165, 1.54) is 32.1 Å². The lowest BCUT2D eigenvalue weighted by atomic mass is 9.97. The van der Waals surface area contributed by atoms with E-state index in [1.807, 2.05) is 24.3 Å². The highest BCUT2D eigenvalue weighted by Gasteiger charge is 2.16. The Bertz CT molecular complexity index is 628. The van der Waals surface area contributed by atoms with Gasteiger partial charge in [0, 0.05) is 29.7 Å². The van der Waals surface area contributed by atoms with Crippen molar-refractivity contribution in [2.45, 2.75) is 17.7 Å². The summed E-state index contributed by atoms with van der Waals surface area (Å²) in [6.07, 6.45) is 3.96. The molecule has 136 valence electrons. The molecule has 1 fully saturated rings. The van der Waals surface area contributed by atoms with Gasteiger partial charge in [-0.3, -0.25) is 0 Å². The van der Waals surface area contributed by atoms with Crippen molar-refractivity contribution >= 4 is 12.6 Å². The Morgan fingerprint density at radius 2 is 1.80 bits per heavy atom. The molecule has 1 aliphatic rings. The molecule has 1 aliphatic heterocycles. The molecule has 2 heterocycles. The lowest BCUT2D eigenvalue weighted by molar-refractivity contribution is 0.192. The smallest absolute Gasteiger partial charge is 0.220 e. The average Bonchev–Trinajstić information content (AvgIpc) is 2.64. The van der Waals surface area contributed by atoms with Gasteiger partial charge in [0.05, 0.1) is 0 Å². The Morgan fingerprint density at radius 1 is 1.12 bits per heavy atom. The molecular weight excluding hydrogens is 335 g/mol. The van der Waals surface area contributed by atoms with Crippen molar-refractivity contribution < 1.29 is 4.39 Å². The molecule has 2 aromatic rings. The second kappa shape index (κ2) is 10.5. The number of piperidine rings is 1. The Kier molecular flexibility index (Phi) is 8.34. The number of likely N-dealkylation sites (tertiary alicyclic amines) is 1. The van der Waals surface area contributed by atoms with Crippen LogP contribution < -0.4 is 11.5 Å². The third kappa shape index (κ3) is 6.40. The summed E-state index contributed by atoms with van der Waals surface area (Å²) >= 11 is 4.16. The summed E-state index contributed by atoms with van der Waals surface area (Å²) in [5.41, 5.74) is 12.4. The summed E-state index contributed by atoms with van der Waals surface area (Å²) in [4.78, 5) is 6.87. The standard InChI is InChI=1S/C11H8FNS.C8H19N3/c12-11-10(2-1-7-13-11)8-3-5-9(14)6-4-8;9-3-6-11-4-1-8(7-10)2-5-11/h1-7,14H;8H,1-7,9-10H2. The normalized spacial score (nSPS) is 15.5. The minimum atomic E-state index is -0.445. The quantitative estimate of drug-likeness (QED) is 0.578. The van der Waals surface area contributed by atoms with E-state index < -0.39 is 5.95 Å². The molecule has 4 N–H and O–H groups in total. The number of thiol groups is 1. The molecule has 3 rings (SSSR count). The van der Waals surface area contributed by atoms with Gasteiger partial charge in [-0.05, 0) is 68.2 Å². The van der Waals surface area contributed by atoms with Gasteiger partial charge in [-0.15, -0.1) is 12.6 Å². The minimum absolute atomic E-state index is 0.445. The van der Waals surface area contributed by atoms with Crippen LogP contribution in [0.3, 0.4) is 0 Å². The highest BCUT2D eigenvalue weighted by atomic mass is 32.1. The molecular formula is C19H27FN4S. The fourth-order valence-corrected chi connectivity index (χ4v) is 3.02. The highest BCUT2D eigenvalue weighted by Crippen LogP contribution is 2.22. The zero-order valence-corrected chi connectivity index (χ0v) is 15.3. The first-order valence-electron chi connectivity index (χ1n) is 8.66. The summed E-state index contributed by atoms with van der Waals surface area (Å²) in [5.74, 6) is 0.323. The first kappa shape index (κ1) is 19.8. The van der Waals surface area contributed by atoms with Gasteiger partial charge in [-0.1, -0.05) is 12.1 Å². The van der Waals surface area contributed by atoms with Gasteiger partial charge < -0.3 is 16.4 Å². The highest BCUT2D eigenvalue weighted by molar-refractivity contribution is 7.80. The van der Waals surface area contributed by atoms with Crippen molar-refractivity contribution in [2.75, 3.05) is 32.7 Å². The van der Waals surface area contributed by atoms with E-state index in [1.54, 1.807) is 12.1 Å². The molecule has 0 aliphatic carbocycles. The fraction of sp³-hybridized carbons (Fsp3) is 0.421. The number of nitrogens with zero attached hydrogens (tertiary/aromatic N) is 2. The predicted octanol–water partition coefficient (Wildman–Crippen LogP) is 2.79. The van der Waals surface area contributed by atoms with Crippen molar-refractivity contribution in [3.63, 3.8) is 0 Å². The van der Waals surface area contributed by atoms with Crippen LogP contribution in [0.2, 0.25) is 0 Å². The van der Waals surface area contributed by atoms with Crippen LogP contribution >= 0.6 is 12.6 Å². The summed E-state index contributed by atoms with van der Waals surface area (Å²) < 4.78 is 13.2. The third-order valence-corrected chi connectivity index (χ3v) is 4.72. The first-order valence-corrected chi connectivity index (χ1v) is 9.11. The van der Waals surface area contributed by atoms with Gasteiger partial charge in [0.2, 0.25) is 5.95 Å². The van der Waals surface area contributed by atoms with Crippen LogP contribution in [-0.4, -0.2) is 42.6 Å². The molecule has 0 unspecified atom stereocenters. The molecule has 6 heteroatoms. The number of nitrogens with two attached hydrogens (primary N) is 2. The largest absolute Gasteiger partial charge is 0.330 e. The van der Waals surface area contributed by atoms with Crippen LogP contribution in [0, 0.1) is 11.9 Å². The summed E-state index contributed by atoms with van der Waals surface area (Å²) in [6.45, 7) is 5.08. The molecule has 1 aromatic carbocycles. The van der Waals surface area contributed by atoms with Gasteiger partial charge in [-0.2, -0.15) is 4.39 Å². The lowest BCUT2D eigenvalue weighted by Gasteiger charge is -2.30. The summed E-state index contributed by atoms with van der Waals surface area (Å²) in [5, 5.41) is 0. The van der Waals surface area contributed by atoms with E-state index in [-0.39, 0.29) is 0 Å². The van der Waals surface area contributed by atoms with E-state index in [4.69, 9.17) is 11.5 Å². The van der Waals surface area contributed by atoms with E-state index in [9.17, 15) is 4.39 Å². The maximum absolute atomic E-state index is 13.2. The van der Waals surface area contributed by atoms with Crippen molar-refractivity contribution in [3.05, 3.63) is 48.5 Å². The minimum Gasteiger partial charge on any atom is -0.330 e. The van der Waals surface area contributed by atoms with Gasteiger partial charge in [0.15, 0.2) is 0 Å². The van der Waals surface area contributed by atoms with Gasteiger partial charge in [0.25, 0.3) is 0 Å². The Morgan fingerprint density at radius 3 is 2.36 bits per heavy atom. The molecule has 25 heavy (non-hydrogen) atoms. The average molecular weight is 363 g/mol. The van der Waals surface area contributed by atoms with Crippen LogP contribution in [0.15, 0.2) is 47.5 Å². The topological polar surface area (TPSA) is 68.2 Å². The van der Waals surface area contributed by atoms with Gasteiger partial charge >= 0.3 is 0 Å². The molecule has 0 radical (unpaired) electrons. The number of halogens is 1. The maximum atomic E-state index is 13.2. The van der Waals surface area contributed by atoms with Crippen LogP contribution in [0.5, 0.6) is 0 Å². The van der Waals surface area contributed by atoms with Crippen molar-refractivity contribution in [1.82, 2.24) is 9.88 Å². The van der Waals surface area contributed by atoms with E-state index >= 15 is 0 Å². The van der Waals surface area contributed by atoms with Crippen molar-refractivity contribution in [3.8, 4) is 11.1 Å². The molecule has 0 amide bonds. The fourth-order valence-electron chi connectivity index (χ4n) is 2.87. The van der Waals surface area contributed by atoms with Crippen LogP contribution in [-0.2, 0) is 0 Å². The zero-order valence-electron chi connectivity index (χ0n) is 14.4. The Hall–Kier alpha value is -1.47. The second-order valence-electron chi connectivity index (χ2n) is 6.20. The van der Waals surface area contributed by atoms with E-state index in [0.717, 1.165) is 36.0 Å². The SMILES string of the molecule is Fc1ncccc1-c1ccc(S)cc1.NCCN1CCC(CN)CC1. The molecule has 1 aromatic heterocycles. The number of benzene rings is 1. The Labute approximate surface area is 154 Å². The molecule has 4 nitrogen and oxygen atoms in total. The van der Waals surface area contributed by atoms with Crippen LogP contribution in [0.25, 0.3) is 11.1 Å². The van der Waals surface area contributed by atoms with E-state index in [2.05, 4.69) is 22.5 Å². The van der Waals surface area contributed by atoms with Crippen molar-refractivity contribution in [1.29, 1.82) is 0 Å². The summed E-state index contributed by atoms with van der Waals surface area (Å²) in [7, 11) is 0. The molecule has 0 atom stereocenters. The number of hydrogen-bond donors (Lipinski definition) is 3. The molecule has 0 saturated carbocycles. The molecule has 0 spiro atoms. The van der Waals surface area contributed by atoms with Crippen LogP contribution in [0.4, 0.5) is 4.39 Å². The first-order chi connectivity index (χ1) is 12.1. The van der Waals surface area contributed by atoms with E-state index in [0.29, 0.717) is 5.56 Å². The monoisotopic (exact) mass is 362 g/mol. The van der Waals surface area contributed by atoms with Crippen LogP contribution in [0.1, 0.15) is 12.8 Å². The number of rotatable bonds is 4. The van der Waals surface area contributed by atoms with Gasteiger partial charge in [0.1, 0.15) is 0 Å². The lowest BCUT2D eigenvalue weighted by Crippen LogP contribution is -2.38. The number of pyridine rings is 1. The van der Waals surface area contributed by atoms with Gasteiger partial charge in [-0.25, -0.2) is 4.98 Å².